The molecule has 1 unspecified atom stereocenters. The number of aliphatic hydroxyl groups excluding tert-OH is 1. The van der Waals surface area contributed by atoms with Crippen LogP contribution < -0.4 is 4.74 Å². The molecule has 0 saturated heterocycles. The number of hydrogen-bond donors (Lipinski definition) is 1. The Hall–Kier alpha value is -1.12. The summed E-state index contributed by atoms with van der Waals surface area (Å²) in [6, 6.07) is 5.18. The second-order valence-electron chi connectivity index (χ2n) is 3.53. The summed E-state index contributed by atoms with van der Waals surface area (Å²) in [6.07, 6.45) is -5.85. The maximum atomic E-state index is 12.1. The van der Waals surface area contributed by atoms with Crippen molar-refractivity contribution in [1.29, 1.82) is 0 Å². The number of halogens is 4. The summed E-state index contributed by atoms with van der Waals surface area (Å²) in [5, 5.41) is 12.1. The number of aliphatic hydroxyl groups is 1. The van der Waals surface area contributed by atoms with Crippen LogP contribution in [0, 0.1) is 0 Å². The lowest BCUT2D eigenvalue weighted by Crippen LogP contribution is -2.17. The largest absolute Gasteiger partial charge is 0.573 e. The van der Waals surface area contributed by atoms with Gasteiger partial charge in [-0.15, -0.1) is 24.5 Å². The van der Waals surface area contributed by atoms with E-state index in [1.54, 1.807) is 5.38 Å². The molecule has 1 heterocycles. The predicted octanol–water partition coefficient (Wildman–Crippen LogP) is 3.89. The number of benzene rings is 1. The number of thiazole rings is 1. The highest BCUT2D eigenvalue weighted by molar-refractivity contribution is 9.10. The van der Waals surface area contributed by atoms with E-state index < -0.39 is 12.5 Å². The van der Waals surface area contributed by atoms with Crippen LogP contribution in [0.1, 0.15) is 16.7 Å². The molecule has 0 aliphatic rings. The monoisotopic (exact) mass is 353 g/mol. The van der Waals surface area contributed by atoms with Gasteiger partial charge in [0, 0.05) is 5.38 Å². The number of alkyl halides is 3. The van der Waals surface area contributed by atoms with Gasteiger partial charge in [0.15, 0.2) is 0 Å². The van der Waals surface area contributed by atoms with Gasteiger partial charge in [-0.25, -0.2) is 4.98 Å². The second-order valence-corrected chi connectivity index (χ2v) is 5.23. The molecule has 1 N–H and O–H groups in total. The van der Waals surface area contributed by atoms with Crippen molar-refractivity contribution < 1.29 is 23.0 Å². The summed E-state index contributed by atoms with van der Waals surface area (Å²) in [7, 11) is 0. The van der Waals surface area contributed by atoms with Crippen molar-refractivity contribution in [3.8, 4) is 5.75 Å². The van der Waals surface area contributed by atoms with E-state index in [1.807, 2.05) is 0 Å². The van der Waals surface area contributed by atoms with E-state index in [2.05, 4.69) is 25.7 Å². The summed E-state index contributed by atoms with van der Waals surface area (Å²) in [4.78, 5) is 4.01. The minimum absolute atomic E-state index is 0.281. The third-order valence-electron chi connectivity index (χ3n) is 2.14. The highest BCUT2D eigenvalue weighted by Crippen LogP contribution is 2.30. The fourth-order valence-electron chi connectivity index (χ4n) is 1.42. The number of ether oxygens (including phenoxy) is 1. The van der Waals surface area contributed by atoms with Crippen LogP contribution in [-0.2, 0) is 0 Å². The number of rotatable bonds is 3. The first kappa shape index (κ1) is 14.3. The molecule has 2 rings (SSSR count). The molecule has 1 aromatic carbocycles. The standard InChI is InChI=1S/C11H7BrF3NO2S/c12-8-5-19-10(16-8)9(17)6-2-1-3-7(4-6)18-11(13,14)15/h1-5,9,17H. The van der Waals surface area contributed by atoms with Gasteiger partial charge in [-0.2, -0.15) is 0 Å². The van der Waals surface area contributed by atoms with Crippen molar-refractivity contribution in [2.45, 2.75) is 12.5 Å². The Balaban J connectivity index is 2.23. The minimum Gasteiger partial charge on any atom is -0.406 e. The summed E-state index contributed by atoms with van der Waals surface area (Å²) in [5.74, 6) is -0.375. The fourth-order valence-corrected chi connectivity index (χ4v) is 2.69. The lowest BCUT2D eigenvalue weighted by atomic mass is 10.1. The number of hydrogen-bond acceptors (Lipinski definition) is 4. The number of aromatic nitrogens is 1. The Morgan fingerprint density at radius 2 is 2.11 bits per heavy atom. The van der Waals surface area contributed by atoms with Gasteiger partial charge >= 0.3 is 6.36 Å². The summed E-state index contributed by atoms with van der Waals surface area (Å²) in [5.41, 5.74) is 0.281. The topological polar surface area (TPSA) is 42.4 Å². The molecule has 3 nitrogen and oxygen atoms in total. The molecule has 8 heteroatoms. The third-order valence-corrected chi connectivity index (χ3v) is 3.74. The van der Waals surface area contributed by atoms with Crippen molar-refractivity contribution in [2.75, 3.05) is 0 Å². The van der Waals surface area contributed by atoms with Crippen LogP contribution in [0.15, 0.2) is 34.2 Å². The first-order valence-electron chi connectivity index (χ1n) is 5.00. The average molecular weight is 354 g/mol. The maximum Gasteiger partial charge on any atom is 0.573 e. The fraction of sp³-hybridized carbons (Fsp3) is 0.182. The van der Waals surface area contributed by atoms with Crippen LogP contribution >= 0.6 is 27.3 Å². The predicted molar refractivity (Wildman–Crippen MR) is 67.0 cm³/mol. The molecule has 0 fully saturated rings. The molecule has 0 saturated carbocycles. The first-order chi connectivity index (χ1) is 8.85. The average Bonchev–Trinajstić information content (AvgIpc) is 2.73. The molecule has 1 atom stereocenters. The Morgan fingerprint density at radius 3 is 2.68 bits per heavy atom. The molecule has 0 spiro atoms. The van der Waals surface area contributed by atoms with Gasteiger partial charge in [0.1, 0.15) is 21.5 Å². The van der Waals surface area contributed by atoms with Crippen molar-refractivity contribution in [3.05, 3.63) is 44.8 Å². The van der Waals surface area contributed by atoms with Crippen molar-refractivity contribution in [1.82, 2.24) is 4.98 Å². The van der Waals surface area contributed by atoms with Gasteiger partial charge in [0.2, 0.25) is 0 Å². The summed E-state index contributed by atoms with van der Waals surface area (Å²) < 4.78 is 40.7. The molecule has 19 heavy (non-hydrogen) atoms. The van der Waals surface area contributed by atoms with Crippen LogP contribution in [0.25, 0.3) is 0 Å². The summed E-state index contributed by atoms with van der Waals surface area (Å²) in [6.45, 7) is 0. The molecule has 0 amide bonds. The Morgan fingerprint density at radius 1 is 1.37 bits per heavy atom. The van der Waals surface area contributed by atoms with E-state index in [1.165, 1.54) is 29.5 Å². The van der Waals surface area contributed by atoms with Gasteiger partial charge in [-0.05, 0) is 33.6 Å². The Bertz CT molecular complexity index is 573. The van der Waals surface area contributed by atoms with Gasteiger partial charge < -0.3 is 9.84 Å². The zero-order chi connectivity index (χ0) is 14.0. The van der Waals surface area contributed by atoms with Crippen molar-refractivity contribution in [2.24, 2.45) is 0 Å². The second kappa shape index (κ2) is 5.48. The van der Waals surface area contributed by atoms with Gasteiger partial charge in [-0.3, -0.25) is 0 Å². The maximum absolute atomic E-state index is 12.1. The quantitative estimate of drug-likeness (QED) is 0.910. The van der Waals surface area contributed by atoms with E-state index in [-0.39, 0.29) is 11.3 Å². The molecule has 1 aromatic heterocycles. The Kier molecular flexibility index (Phi) is 4.12. The normalized spacial score (nSPS) is 13.3. The molecule has 0 radical (unpaired) electrons. The smallest absolute Gasteiger partial charge is 0.406 e. The number of nitrogens with zero attached hydrogens (tertiary/aromatic N) is 1. The SMILES string of the molecule is OC(c1cccc(OC(F)(F)F)c1)c1nc(Br)cs1. The van der Waals surface area contributed by atoms with Crippen LogP contribution in [-0.4, -0.2) is 16.5 Å². The molecular weight excluding hydrogens is 347 g/mol. The molecule has 0 bridgehead atoms. The van der Waals surface area contributed by atoms with Crippen molar-refractivity contribution >= 4 is 27.3 Å². The summed E-state index contributed by atoms with van der Waals surface area (Å²) >= 11 is 4.34. The van der Waals surface area contributed by atoms with E-state index in [0.29, 0.717) is 9.61 Å². The van der Waals surface area contributed by atoms with E-state index in [9.17, 15) is 18.3 Å². The van der Waals surface area contributed by atoms with Crippen LogP contribution in [0.3, 0.4) is 0 Å². The molecule has 0 aliphatic heterocycles. The zero-order valence-electron chi connectivity index (χ0n) is 9.19. The molecule has 0 aliphatic carbocycles. The van der Waals surface area contributed by atoms with E-state index in [0.717, 1.165) is 6.07 Å². The minimum atomic E-state index is -4.76. The molecule has 102 valence electrons. The zero-order valence-corrected chi connectivity index (χ0v) is 11.6. The van der Waals surface area contributed by atoms with E-state index >= 15 is 0 Å². The lowest BCUT2D eigenvalue weighted by molar-refractivity contribution is -0.274. The molecular formula is C11H7BrF3NO2S. The first-order valence-corrected chi connectivity index (χ1v) is 6.67. The highest BCUT2D eigenvalue weighted by Gasteiger charge is 2.31. The highest BCUT2D eigenvalue weighted by atomic mass is 79.9. The van der Waals surface area contributed by atoms with E-state index in [4.69, 9.17) is 0 Å². The van der Waals surface area contributed by atoms with Gasteiger partial charge in [-0.1, -0.05) is 12.1 Å². The lowest BCUT2D eigenvalue weighted by Gasteiger charge is -2.12. The Labute approximate surface area is 118 Å². The van der Waals surface area contributed by atoms with Crippen LogP contribution in [0.4, 0.5) is 13.2 Å². The van der Waals surface area contributed by atoms with Crippen LogP contribution in [0.5, 0.6) is 5.75 Å². The molecule has 2 aromatic rings. The van der Waals surface area contributed by atoms with Crippen LogP contribution in [0.2, 0.25) is 0 Å². The third kappa shape index (κ3) is 3.92. The van der Waals surface area contributed by atoms with Crippen molar-refractivity contribution in [3.63, 3.8) is 0 Å². The van der Waals surface area contributed by atoms with Gasteiger partial charge in [0.25, 0.3) is 0 Å². The van der Waals surface area contributed by atoms with Gasteiger partial charge in [0.05, 0.1) is 0 Å².